The van der Waals surface area contributed by atoms with Gasteiger partial charge in [-0.1, -0.05) is 29.8 Å². The highest BCUT2D eigenvalue weighted by Crippen LogP contribution is 2.26. The van der Waals surface area contributed by atoms with Gasteiger partial charge in [0.15, 0.2) is 5.82 Å². The molecule has 0 bridgehead atoms. The van der Waals surface area contributed by atoms with E-state index in [1.807, 2.05) is 26.0 Å². The fourth-order valence-electron chi connectivity index (χ4n) is 3.28. The Morgan fingerprint density at radius 3 is 2.44 bits per heavy atom. The van der Waals surface area contributed by atoms with Gasteiger partial charge in [-0.15, -0.1) is 5.10 Å². The van der Waals surface area contributed by atoms with Crippen molar-refractivity contribution in [3.05, 3.63) is 89.7 Å². The number of rotatable bonds is 9. The number of amides is 1. The van der Waals surface area contributed by atoms with Crippen LogP contribution in [-0.2, 0) is 4.74 Å². The largest absolute Gasteiger partial charge is 0.460 e. The summed E-state index contributed by atoms with van der Waals surface area (Å²) in [4.78, 5) is 16.9. The van der Waals surface area contributed by atoms with Gasteiger partial charge in [-0.05, 0) is 62.4 Å². The molecule has 0 aliphatic rings. The maximum Gasteiger partial charge on any atom is 0.336 e. The molecule has 0 atom stereocenters. The number of hydrogen-bond acceptors (Lipinski definition) is 5. The van der Waals surface area contributed by atoms with Crippen molar-refractivity contribution in [1.82, 2.24) is 14.8 Å². The molecule has 0 saturated carbocycles. The number of halogens is 1. The minimum Gasteiger partial charge on any atom is -0.460 e. The van der Waals surface area contributed by atoms with Gasteiger partial charge >= 0.3 is 6.01 Å². The lowest BCUT2D eigenvalue weighted by atomic mass is 10.1. The smallest absolute Gasteiger partial charge is 0.336 e. The van der Waals surface area contributed by atoms with Crippen molar-refractivity contribution in [2.24, 2.45) is 0 Å². The second-order valence-electron chi connectivity index (χ2n) is 7.52. The van der Waals surface area contributed by atoms with Gasteiger partial charge in [0.1, 0.15) is 12.4 Å². The Morgan fingerprint density at radius 2 is 1.74 bits per heavy atom. The van der Waals surface area contributed by atoms with Crippen molar-refractivity contribution in [3.63, 3.8) is 0 Å². The summed E-state index contributed by atoms with van der Waals surface area (Å²) in [5, 5.41) is 7.29. The highest BCUT2D eigenvalue weighted by molar-refractivity contribution is 6.04. The van der Waals surface area contributed by atoms with E-state index in [4.69, 9.17) is 9.47 Å². The third kappa shape index (κ3) is 5.47. The second-order valence-corrected chi connectivity index (χ2v) is 7.52. The van der Waals surface area contributed by atoms with Crippen molar-refractivity contribution in [2.45, 2.75) is 13.8 Å². The fourth-order valence-corrected chi connectivity index (χ4v) is 3.28. The maximum absolute atomic E-state index is 14.5. The van der Waals surface area contributed by atoms with Crippen LogP contribution in [0.3, 0.4) is 0 Å². The number of nitrogens with one attached hydrogen (secondary N) is 1. The van der Waals surface area contributed by atoms with Gasteiger partial charge < -0.3 is 14.8 Å². The van der Waals surface area contributed by atoms with E-state index in [0.29, 0.717) is 41.5 Å². The number of ether oxygens (including phenoxy) is 2. The fraction of sp³-hybridized carbons (Fsp3) is 0.192. The van der Waals surface area contributed by atoms with E-state index >= 15 is 0 Å². The van der Waals surface area contributed by atoms with E-state index in [2.05, 4.69) is 15.4 Å². The molecule has 0 saturated heterocycles. The first-order chi connectivity index (χ1) is 16.5. The van der Waals surface area contributed by atoms with E-state index in [-0.39, 0.29) is 18.5 Å². The van der Waals surface area contributed by atoms with Crippen LogP contribution in [0.15, 0.2) is 72.8 Å². The second kappa shape index (κ2) is 10.7. The number of carbonyl (C=O) groups is 1. The SMILES string of the molecule is CCOCCOc1nc(-c2ccccc2F)n(-c2ccc(NC(=O)c3ccc(C)cc3)cc2)n1. The van der Waals surface area contributed by atoms with E-state index in [1.54, 1.807) is 54.6 Å². The Morgan fingerprint density at radius 1 is 1.00 bits per heavy atom. The van der Waals surface area contributed by atoms with Crippen LogP contribution in [0.25, 0.3) is 17.1 Å². The zero-order valence-electron chi connectivity index (χ0n) is 19.0. The van der Waals surface area contributed by atoms with Gasteiger partial charge in [-0.2, -0.15) is 4.98 Å². The molecule has 0 unspecified atom stereocenters. The molecule has 34 heavy (non-hydrogen) atoms. The average Bonchev–Trinajstić information content (AvgIpc) is 3.27. The Bertz CT molecular complexity index is 1250. The van der Waals surface area contributed by atoms with Gasteiger partial charge in [0, 0.05) is 17.9 Å². The first-order valence-electron chi connectivity index (χ1n) is 11.0. The predicted molar refractivity (Wildman–Crippen MR) is 128 cm³/mol. The minimum absolute atomic E-state index is 0.120. The Balaban J connectivity index is 1.58. The Labute approximate surface area is 197 Å². The van der Waals surface area contributed by atoms with Crippen LogP contribution in [0.2, 0.25) is 0 Å². The molecule has 1 amide bonds. The molecule has 3 aromatic carbocycles. The molecule has 0 radical (unpaired) electrons. The first-order valence-corrected chi connectivity index (χ1v) is 11.0. The number of benzene rings is 3. The highest BCUT2D eigenvalue weighted by Gasteiger charge is 2.18. The molecule has 0 aliphatic heterocycles. The number of anilines is 1. The van der Waals surface area contributed by atoms with E-state index < -0.39 is 5.82 Å². The Hall–Kier alpha value is -4.04. The van der Waals surface area contributed by atoms with Crippen LogP contribution >= 0.6 is 0 Å². The predicted octanol–water partition coefficient (Wildman–Crippen LogP) is 5.05. The minimum atomic E-state index is -0.418. The molecule has 4 rings (SSSR count). The third-order valence-corrected chi connectivity index (χ3v) is 5.05. The standard InChI is InChI=1S/C26H25FN4O3/c1-3-33-16-17-34-26-29-24(22-6-4-5-7-23(22)27)31(30-26)21-14-12-20(13-15-21)28-25(32)19-10-8-18(2)9-11-19/h4-15H,3,16-17H2,1-2H3,(H,28,32). The Kier molecular flexibility index (Phi) is 7.29. The number of aromatic nitrogens is 3. The van der Waals surface area contributed by atoms with Crippen molar-refractivity contribution in [1.29, 1.82) is 0 Å². The summed E-state index contributed by atoms with van der Waals surface area (Å²) in [6.07, 6.45) is 0. The molecule has 174 valence electrons. The molecule has 4 aromatic rings. The maximum atomic E-state index is 14.5. The summed E-state index contributed by atoms with van der Waals surface area (Å²) in [5.41, 5.74) is 3.21. The van der Waals surface area contributed by atoms with Crippen LogP contribution in [0.5, 0.6) is 6.01 Å². The van der Waals surface area contributed by atoms with Crippen LogP contribution < -0.4 is 10.1 Å². The number of aryl methyl sites for hydroxylation is 1. The molecule has 0 aliphatic carbocycles. The van der Waals surface area contributed by atoms with Crippen LogP contribution in [0.1, 0.15) is 22.8 Å². The van der Waals surface area contributed by atoms with Crippen molar-refractivity contribution >= 4 is 11.6 Å². The van der Waals surface area contributed by atoms with Crippen molar-refractivity contribution < 1.29 is 18.7 Å². The van der Waals surface area contributed by atoms with Gasteiger partial charge in [0.05, 0.1) is 17.9 Å². The quantitative estimate of drug-likeness (QED) is 0.354. The monoisotopic (exact) mass is 460 g/mol. The van der Waals surface area contributed by atoms with Crippen molar-refractivity contribution in [2.75, 3.05) is 25.1 Å². The number of nitrogens with zero attached hydrogens (tertiary/aromatic N) is 3. The number of carbonyl (C=O) groups excluding carboxylic acids is 1. The molecule has 1 aromatic heterocycles. The van der Waals surface area contributed by atoms with Gasteiger partial charge in [0.25, 0.3) is 5.91 Å². The lowest BCUT2D eigenvalue weighted by molar-refractivity contribution is 0.102. The normalized spacial score (nSPS) is 10.8. The lowest BCUT2D eigenvalue weighted by Gasteiger charge is -2.09. The summed E-state index contributed by atoms with van der Waals surface area (Å²) in [5.74, 6) is -0.314. The summed E-state index contributed by atoms with van der Waals surface area (Å²) >= 11 is 0. The lowest BCUT2D eigenvalue weighted by Crippen LogP contribution is -2.11. The molecule has 7 nitrogen and oxygen atoms in total. The van der Waals surface area contributed by atoms with Crippen LogP contribution in [0.4, 0.5) is 10.1 Å². The van der Waals surface area contributed by atoms with Crippen LogP contribution in [0, 0.1) is 12.7 Å². The summed E-state index contributed by atoms with van der Waals surface area (Å²) in [7, 11) is 0. The summed E-state index contributed by atoms with van der Waals surface area (Å²) < 4.78 is 26.9. The molecular weight excluding hydrogens is 435 g/mol. The highest BCUT2D eigenvalue weighted by atomic mass is 19.1. The van der Waals surface area contributed by atoms with E-state index in [0.717, 1.165) is 5.56 Å². The number of hydrogen-bond donors (Lipinski definition) is 1. The van der Waals surface area contributed by atoms with Crippen LogP contribution in [-0.4, -0.2) is 40.5 Å². The van der Waals surface area contributed by atoms with E-state index in [1.165, 1.54) is 10.7 Å². The zero-order valence-corrected chi connectivity index (χ0v) is 19.0. The average molecular weight is 461 g/mol. The van der Waals surface area contributed by atoms with E-state index in [9.17, 15) is 9.18 Å². The van der Waals surface area contributed by atoms with Gasteiger partial charge in [-0.25, -0.2) is 9.07 Å². The molecule has 8 heteroatoms. The molecule has 1 N–H and O–H groups in total. The third-order valence-electron chi connectivity index (χ3n) is 5.05. The van der Waals surface area contributed by atoms with Gasteiger partial charge in [-0.3, -0.25) is 4.79 Å². The molecule has 0 spiro atoms. The first kappa shape index (κ1) is 23.1. The molecular formula is C26H25FN4O3. The summed E-state index contributed by atoms with van der Waals surface area (Å²) in [6, 6.07) is 20.9. The zero-order chi connectivity index (χ0) is 23.9. The summed E-state index contributed by atoms with van der Waals surface area (Å²) in [6.45, 7) is 5.12. The van der Waals surface area contributed by atoms with Crippen molar-refractivity contribution in [3.8, 4) is 23.1 Å². The molecule has 0 fully saturated rings. The molecule has 1 heterocycles. The topological polar surface area (TPSA) is 78.3 Å². The van der Waals surface area contributed by atoms with Gasteiger partial charge in [0.2, 0.25) is 0 Å².